The van der Waals surface area contributed by atoms with Crippen LogP contribution < -0.4 is 0 Å². The lowest BCUT2D eigenvalue weighted by atomic mass is 9.84. The Morgan fingerprint density at radius 3 is 2.74 bits per heavy atom. The van der Waals surface area contributed by atoms with Gasteiger partial charge in [-0.25, -0.2) is 0 Å². The van der Waals surface area contributed by atoms with Gasteiger partial charge < -0.3 is 9.32 Å². The lowest BCUT2D eigenvalue weighted by Crippen LogP contribution is -2.38. The summed E-state index contributed by atoms with van der Waals surface area (Å²) in [5, 5.41) is 2.27. The summed E-state index contributed by atoms with van der Waals surface area (Å²) in [7, 11) is 2.12. The predicted molar refractivity (Wildman–Crippen MR) is 94.3 cm³/mol. The standard InChI is InChI=1S/C20H20N2O/c1-13-7-9-20(3,22(4)12-13)18-14(2)5-6-16-15-8-10-21-11-17(15)23-19(16)18/h5-12H,1-4H3. The van der Waals surface area contributed by atoms with E-state index in [2.05, 4.69) is 68.2 Å². The lowest BCUT2D eigenvalue weighted by Gasteiger charge is -2.39. The van der Waals surface area contributed by atoms with Crippen molar-refractivity contribution in [1.29, 1.82) is 0 Å². The first-order valence-electron chi connectivity index (χ1n) is 7.87. The van der Waals surface area contributed by atoms with Gasteiger partial charge in [0.05, 0.1) is 11.7 Å². The lowest BCUT2D eigenvalue weighted by molar-refractivity contribution is 0.258. The topological polar surface area (TPSA) is 29.3 Å². The summed E-state index contributed by atoms with van der Waals surface area (Å²) >= 11 is 0. The number of rotatable bonds is 1. The van der Waals surface area contributed by atoms with Crippen LogP contribution in [0.1, 0.15) is 25.0 Å². The summed E-state index contributed by atoms with van der Waals surface area (Å²) < 4.78 is 6.21. The predicted octanol–water partition coefficient (Wildman–Crippen LogP) is 4.91. The summed E-state index contributed by atoms with van der Waals surface area (Å²) in [6, 6.07) is 6.36. The molecule has 116 valence electrons. The minimum Gasteiger partial charge on any atom is -0.454 e. The monoisotopic (exact) mass is 304 g/mol. The van der Waals surface area contributed by atoms with Gasteiger partial charge in [-0.05, 0) is 38.0 Å². The fourth-order valence-electron chi connectivity index (χ4n) is 3.58. The van der Waals surface area contributed by atoms with Gasteiger partial charge >= 0.3 is 0 Å². The Morgan fingerprint density at radius 2 is 1.96 bits per heavy atom. The summed E-state index contributed by atoms with van der Waals surface area (Å²) in [5.41, 5.74) is 5.27. The molecule has 23 heavy (non-hydrogen) atoms. The number of hydrogen-bond donors (Lipinski definition) is 0. The molecule has 0 spiro atoms. The highest BCUT2D eigenvalue weighted by molar-refractivity contribution is 6.06. The Balaban J connectivity index is 2.07. The van der Waals surface area contributed by atoms with Crippen molar-refractivity contribution in [3.05, 3.63) is 65.6 Å². The largest absolute Gasteiger partial charge is 0.454 e. The average molecular weight is 304 g/mol. The number of benzene rings is 1. The molecule has 1 unspecified atom stereocenters. The van der Waals surface area contributed by atoms with Crippen LogP contribution in [0.15, 0.2) is 58.9 Å². The Bertz CT molecular complexity index is 980. The summed E-state index contributed by atoms with van der Waals surface area (Å²) in [6.07, 6.45) is 10.2. The first-order chi connectivity index (χ1) is 11.0. The minimum atomic E-state index is -0.232. The molecular weight excluding hydrogens is 284 g/mol. The molecule has 0 aliphatic carbocycles. The van der Waals surface area contributed by atoms with Gasteiger partial charge in [0.2, 0.25) is 0 Å². The Labute approximate surface area is 135 Å². The zero-order chi connectivity index (χ0) is 16.2. The number of allylic oxidation sites excluding steroid dienone is 2. The van der Waals surface area contributed by atoms with Crippen LogP contribution in [-0.4, -0.2) is 16.9 Å². The molecule has 3 heteroatoms. The number of pyridine rings is 1. The van der Waals surface area contributed by atoms with Gasteiger partial charge in [-0.2, -0.15) is 0 Å². The zero-order valence-electron chi connectivity index (χ0n) is 13.9. The number of fused-ring (bicyclic) bond motifs is 3. The second kappa shape index (κ2) is 4.72. The van der Waals surface area contributed by atoms with E-state index in [9.17, 15) is 0 Å². The summed E-state index contributed by atoms with van der Waals surface area (Å²) in [6.45, 7) is 6.50. The SMILES string of the molecule is CC1=CN(C)C(C)(c2c(C)ccc3c2oc2cnccc23)C=C1. The fourth-order valence-corrected chi connectivity index (χ4v) is 3.58. The van der Waals surface area contributed by atoms with E-state index in [0.717, 1.165) is 21.9 Å². The van der Waals surface area contributed by atoms with Gasteiger partial charge in [-0.1, -0.05) is 24.3 Å². The molecule has 0 N–H and O–H groups in total. The highest BCUT2D eigenvalue weighted by Crippen LogP contribution is 2.41. The van der Waals surface area contributed by atoms with Crippen molar-refractivity contribution in [2.75, 3.05) is 7.05 Å². The second-order valence-corrected chi connectivity index (χ2v) is 6.57. The van der Waals surface area contributed by atoms with Crippen molar-refractivity contribution in [3.63, 3.8) is 0 Å². The molecule has 0 radical (unpaired) electrons. The van der Waals surface area contributed by atoms with Crippen LogP contribution in [0.5, 0.6) is 0 Å². The quantitative estimate of drug-likeness (QED) is 0.639. The average Bonchev–Trinajstić information content (AvgIpc) is 2.89. The molecule has 3 aromatic rings. The minimum absolute atomic E-state index is 0.232. The van der Waals surface area contributed by atoms with E-state index in [1.54, 1.807) is 6.20 Å². The molecule has 1 aliphatic heterocycles. The van der Waals surface area contributed by atoms with Crippen molar-refractivity contribution in [3.8, 4) is 0 Å². The molecule has 4 rings (SSSR count). The van der Waals surface area contributed by atoms with Crippen molar-refractivity contribution >= 4 is 21.9 Å². The molecule has 1 aromatic carbocycles. The first-order valence-corrected chi connectivity index (χ1v) is 7.87. The van der Waals surface area contributed by atoms with Crippen LogP contribution >= 0.6 is 0 Å². The third-order valence-corrected chi connectivity index (χ3v) is 4.96. The molecule has 0 saturated carbocycles. The number of nitrogens with zero attached hydrogens (tertiary/aromatic N) is 2. The highest BCUT2D eigenvalue weighted by Gasteiger charge is 2.34. The summed E-state index contributed by atoms with van der Waals surface area (Å²) in [4.78, 5) is 6.45. The molecular formula is C20H20N2O. The molecule has 3 nitrogen and oxygen atoms in total. The van der Waals surface area contributed by atoms with Gasteiger partial charge in [-0.15, -0.1) is 0 Å². The van der Waals surface area contributed by atoms with E-state index in [4.69, 9.17) is 4.42 Å². The Kier molecular flexibility index (Phi) is 2.89. The maximum atomic E-state index is 6.21. The summed E-state index contributed by atoms with van der Waals surface area (Å²) in [5.74, 6) is 0. The van der Waals surface area contributed by atoms with Crippen LogP contribution in [-0.2, 0) is 5.54 Å². The molecule has 1 atom stereocenters. The van der Waals surface area contributed by atoms with Crippen molar-refractivity contribution in [2.45, 2.75) is 26.3 Å². The van der Waals surface area contributed by atoms with E-state index >= 15 is 0 Å². The van der Waals surface area contributed by atoms with Crippen LogP contribution in [0.2, 0.25) is 0 Å². The molecule has 0 fully saturated rings. The number of hydrogen-bond acceptors (Lipinski definition) is 3. The van der Waals surface area contributed by atoms with Crippen molar-refractivity contribution in [1.82, 2.24) is 9.88 Å². The van der Waals surface area contributed by atoms with Crippen LogP contribution in [0.25, 0.3) is 21.9 Å². The number of aromatic nitrogens is 1. The van der Waals surface area contributed by atoms with Gasteiger partial charge in [0.15, 0.2) is 5.58 Å². The van der Waals surface area contributed by atoms with Gasteiger partial charge in [-0.3, -0.25) is 4.98 Å². The Morgan fingerprint density at radius 1 is 1.13 bits per heavy atom. The van der Waals surface area contributed by atoms with E-state index in [1.807, 2.05) is 12.3 Å². The number of furan rings is 1. The van der Waals surface area contributed by atoms with Crippen LogP contribution in [0, 0.1) is 6.92 Å². The van der Waals surface area contributed by atoms with Crippen LogP contribution in [0.3, 0.4) is 0 Å². The van der Waals surface area contributed by atoms with Gasteiger partial charge in [0.1, 0.15) is 5.58 Å². The molecule has 0 bridgehead atoms. The second-order valence-electron chi connectivity index (χ2n) is 6.57. The van der Waals surface area contributed by atoms with Crippen molar-refractivity contribution in [2.24, 2.45) is 0 Å². The van der Waals surface area contributed by atoms with Gasteiger partial charge in [0, 0.05) is 35.8 Å². The van der Waals surface area contributed by atoms with E-state index in [1.165, 1.54) is 16.7 Å². The first kappa shape index (κ1) is 14.1. The molecule has 3 heterocycles. The molecule has 0 amide bonds. The third-order valence-electron chi connectivity index (χ3n) is 4.96. The molecule has 2 aromatic heterocycles. The highest BCUT2D eigenvalue weighted by atomic mass is 16.3. The molecule has 1 aliphatic rings. The number of likely N-dealkylation sites (N-methyl/N-ethyl adjacent to an activating group) is 1. The Hall–Kier alpha value is -2.55. The number of aryl methyl sites for hydroxylation is 1. The maximum absolute atomic E-state index is 6.21. The normalized spacial score (nSPS) is 21.2. The molecule has 0 saturated heterocycles. The zero-order valence-corrected chi connectivity index (χ0v) is 13.9. The van der Waals surface area contributed by atoms with E-state index in [-0.39, 0.29) is 5.54 Å². The van der Waals surface area contributed by atoms with Crippen molar-refractivity contribution < 1.29 is 4.42 Å². The van der Waals surface area contributed by atoms with E-state index in [0.29, 0.717) is 0 Å². The van der Waals surface area contributed by atoms with Crippen LogP contribution in [0.4, 0.5) is 0 Å². The van der Waals surface area contributed by atoms with Gasteiger partial charge in [0.25, 0.3) is 0 Å². The third kappa shape index (κ3) is 1.93. The maximum Gasteiger partial charge on any atom is 0.153 e. The smallest absolute Gasteiger partial charge is 0.153 e. The fraction of sp³-hybridized carbons (Fsp3) is 0.250. The van der Waals surface area contributed by atoms with E-state index < -0.39 is 0 Å².